The predicted octanol–water partition coefficient (Wildman–Crippen LogP) is 1.87. The minimum atomic E-state index is -0.666. The molecule has 0 unspecified atom stereocenters. The fourth-order valence-corrected chi connectivity index (χ4v) is 1.84. The van der Waals surface area contributed by atoms with Gasteiger partial charge in [-0.2, -0.15) is 0 Å². The van der Waals surface area contributed by atoms with E-state index in [1.165, 1.54) is 0 Å². The van der Waals surface area contributed by atoms with Gasteiger partial charge in [-0.25, -0.2) is 0 Å². The molecule has 2 N–H and O–H groups in total. The number of anilines is 1. The van der Waals surface area contributed by atoms with Crippen LogP contribution in [0.5, 0.6) is 5.75 Å². The summed E-state index contributed by atoms with van der Waals surface area (Å²) < 4.78 is 5.59. The van der Waals surface area contributed by atoms with E-state index in [9.17, 15) is 9.59 Å². The van der Waals surface area contributed by atoms with Gasteiger partial charge >= 0.3 is 11.8 Å². The number of nitrogens with zero attached hydrogens (tertiary/aromatic N) is 1. The van der Waals surface area contributed by atoms with Crippen LogP contribution < -0.4 is 15.4 Å². The van der Waals surface area contributed by atoms with Gasteiger partial charge in [0.05, 0.1) is 6.61 Å². The van der Waals surface area contributed by atoms with Crippen LogP contribution in [-0.2, 0) is 9.59 Å². The SMILES string of the molecule is CCCCCOc1ccc(NC(=O)C(=O)NCCN(C)C)cc1. The maximum Gasteiger partial charge on any atom is 0.313 e. The monoisotopic (exact) mass is 321 g/mol. The number of carbonyl (C=O) groups is 2. The Hall–Kier alpha value is -2.08. The second kappa shape index (κ2) is 10.6. The van der Waals surface area contributed by atoms with Crippen LogP contribution in [-0.4, -0.2) is 50.5 Å². The van der Waals surface area contributed by atoms with Gasteiger partial charge in [-0.3, -0.25) is 9.59 Å². The maximum atomic E-state index is 11.7. The van der Waals surface area contributed by atoms with Crippen molar-refractivity contribution in [3.05, 3.63) is 24.3 Å². The normalized spacial score (nSPS) is 10.4. The Morgan fingerprint density at radius 1 is 1.09 bits per heavy atom. The van der Waals surface area contributed by atoms with Gasteiger partial charge in [-0.1, -0.05) is 19.8 Å². The number of benzene rings is 1. The zero-order valence-corrected chi connectivity index (χ0v) is 14.2. The summed E-state index contributed by atoms with van der Waals surface area (Å²) in [6.45, 7) is 3.95. The second-order valence-electron chi connectivity index (χ2n) is 5.59. The van der Waals surface area contributed by atoms with E-state index in [0.29, 0.717) is 25.4 Å². The van der Waals surface area contributed by atoms with Crippen molar-refractivity contribution >= 4 is 17.5 Å². The van der Waals surface area contributed by atoms with E-state index in [1.54, 1.807) is 24.3 Å². The molecule has 0 aliphatic rings. The zero-order chi connectivity index (χ0) is 17.1. The van der Waals surface area contributed by atoms with Crippen LogP contribution in [0.3, 0.4) is 0 Å². The topological polar surface area (TPSA) is 70.7 Å². The number of rotatable bonds is 9. The number of likely N-dealkylation sites (N-methyl/N-ethyl adjacent to an activating group) is 1. The van der Waals surface area contributed by atoms with E-state index in [2.05, 4.69) is 17.6 Å². The van der Waals surface area contributed by atoms with Gasteiger partial charge in [0.15, 0.2) is 0 Å². The molecule has 2 amide bonds. The molecular formula is C17H27N3O3. The minimum Gasteiger partial charge on any atom is -0.494 e. The molecule has 0 fully saturated rings. The van der Waals surface area contributed by atoms with E-state index in [-0.39, 0.29) is 0 Å². The van der Waals surface area contributed by atoms with Gasteiger partial charge in [-0.05, 0) is 44.8 Å². The quantitative estimate of drug-likeness (QED) is 0.538. The summed E-state index contributed by atoms with van der Waals surface area (Å²) >= 11 is 0. The van der Waals surface area contributed by atoms with Crippen molar-refractivity contribution in [3.63, 3.8) is 0 Å². The first-order valence-corrected chi connectivity index (χ1v) is 7.99. The molecule has 1 aromatic carbocycles. The molecule has 1 aromatic rings. The lowest BCUT2D eigenvalue weighted by Gasteiger charge is -2.11. The number of unbranched alkanes of at least 4 members (excludes halogenated alkanes) is 2. The first-order chi connectivity index (χ1) is 11.0. The molecule has 6 nitrogen and oxygen atoms in total. The molecule has 0 heterocycles. The first-order valence-electron chi connectivity index (χ1n) is 7.99. The highest BCUT2D eigenvalue weighted by molar-refractivity contribution is 6.39. The molecule has 0 atom stereocenters. The summed E-state index contributed by atoms with van der Waals surface area (Å²) in [5.41, 5.74) is 0.568. The molecule has 0 saturated carbocycles. The summed E-state index contributed by atoms with van der Waals surface area (Å²) in [6, 6.07) is 7.01. The molecule has 0 aliphatic heterocycles. The number of hydrogen-bond donors (Lipinski definition) is 2. The van der Waals surface area contributed by atoms with Crippen LogP contribution >= 0.6 is 0 Å². The van der Waals surface area contributed by atoms with Crippen LogP contribution in [0.15, 0.2) is 24.3 Å². The van der Waals surface area contributed by atoms with Crippen LogP contribution in [0.1, 0.15) is 26.2 Å². The number of amides is 2. The molecule has 0 aromatic heterocycles. The summed E-state index contributed by atoms with van der Waals surface area (Å²) in [5.74, 6) is -0.540. The van der Waals surface area contributed by atoms with Crippen LogP contribution in [0.25, 0.3) is 0 Å². The van der Waals surface area contributed by atoms with E-state index in [1.807, 2.05) is 19.0 Å². The molecule has 6 heteroatoms. The lowest BCUT2D eigenvalue weighted by Crippen LogP contribution is -2.38. The molecule has 0 saturated heterocycles. The molecular weight excluding hydrogens is 294 g/mol. The average Bonchev–Trinajstić information content (AvgIpc) is 2.52. The molecule has 0 aliphatic carbocycles. The van der Waals surface area contributed by atoms with Gasteiger partial charge in [0.2, 0.25) is 0 Å². The number of ether oxygens (including phenoxy) is 1. The van der Waals surface area contributed by atoms with Gasteiger partial charge in [0.1, 0.15) is 5.75 Å². The summed E-state index contributed by atoms with van der Waals surface area (Å²) in [7, 11) is 3.80. The Labute approximate surface area is 138 Å². The predicted molar refractivity (Wildman–Crippen MR) is 91.7 cm³/mol. The highest BCUT2D eigenvalue weighted by Gasteiger charge is 2.13. The average molecular weight is 321 g/mol. The van der Waals surface area contributed by atoms with Crippen LogP contribution in [0, 0.1) is 0 Å². The fraction of sp³-hybridized carbons (Fsp3) is 0.529. The maximum absolute atomic E-state index is 11.7. The Morgan fingerprint density at radius 3 is 2.39 bits per heavy atom. The van der Waals surface area contributed by atoms with Gasteiger partial charge in [0, 0.05) is 18.8 Å². The summed E-state index contributed by atoms with van der Waals surface area (Å²) in [5, 5.41) is 5.13. The van der Waals surface area contributed by atoms with Crippen molar-refractivity contribution in [3.8, 4) is 5.75 Å². The number of hydrogen-bond acceptors (Lipinski definition) is 4. The number of carbonyl (C=O) groups excluding carboxylic acids is 2. The molecule has 1 rings (SSSR count). The Kier molecular flexibility index (Phi) is 8.75. The minimum absolute atomic E-state index is 0.434. The molecule has 23 heavy (non-hydrogen) atoms. The fourth-order valence-electron chi connectivity index (χ4n) is 1.84. The van der Waals surface area contributed by atoms with E-state index >= 15 is 0 Å². The molecule has 128 valence electrons. The highest BCUT2D eigenvalue weighted by Crippen LogP contribution is 2.16. The third-order valence-electron chi connectivity index (χ3n) is 3.18. The Balaban J connectivity index is 2.35. The Morgan fingerprint density at radius 2 is 1.78 bits per heavy atom. The van der Waals surface area contributed by atoms with Crippen molar-refractivity contribution in [1.82, 2.24) is 10.2 Å². The second-order valence-corrected chi connectivity index (χ2v) is 5.59. The first kappa shape index (κ1) is 19.0. The van der Waals surface area contributed by atoms with Gasteiger partial charge in [0.25, 0.3) is 0 Å². The molecule has 0 spiro atoms. The van der Waals surface area contributed by atoms with Gasteiger partial charge in [-0.15, -0.1) is 0 Å². The Bertz CT molecular complexity index is 486. The molecule has 0 radical (unpaired) electrons. The highest BCUT2D eigenvalue weighted by atomic mass is 16.5. The smallest absolute Gasteiger partial charge is 0.313 e. The van der Waals surface area contributed by atoms with Gasteiger partial charge < -0.3 is 20.3 Å². The lowest BCUT2D eigenvalue weighted by atomic mass is 10.2. The van der Waals surface area contributed by atoms with Crippen molar-refractivity contribution in [1.29, 1.82) is 0 Å². The standard InChI is InChI=1S/C17H27N3O3/c1-4-5-6-13-23-15-9-7-14(8-10-15)19-17(22)16(21)18-11-12-20(2)3/h7-10H,4-6,11-13H2,1-3H3,(H,18,21)(H,19,22). The van der Waals surface area contributed by atoms with E-state index < -0.39 is 11.8 Å². The largest absolute Gasteiger partial charge is 0.494 e. The van der Waals surface area contributed by atoms with Crippen molar-refractivity contribution in [2.24, 2.45) is 0 Å². The third kappa shape index (κ3) is 8.21. The third-order valence-corrected chi connectivity index (χ3v) is 3.18. The van der Waals surface area contributed by atoms with Crippen molar-refractivity contribution < 1.29 is 14.3 Å². The lowest BCUT2D eigenvalue weighted by molar-refractivity contribution is -0.136. The van der Waals surface area contributed by atoms with E-state index in [0.717, 1.165) is 25.0 Å². The van der Waals surface area contributed by atoms with Crippen LogP contribution in [0.4, 0.5) is 5.69 Å². The number of nitrogens with one attached hydrogen (secondary N) is 2. The zero-order valence-electron chi connectivity index (χ0n) is 14.2. The van der Waals surface area contributed by atoms with Crippen LogP contribution in [0.2, 0.25) is 0 Å². The summed E-state index contributed by atoms with van der Waals surface area (Å²) in [4.78, 5) is 25.3. The molecule has 0 bridgehead atoms. The summed E-state index contributed by atoms with van der Waals surface area (Å²) in [6.07, 6.45) is 3.34. The van der Waals surface area contributed by atoms with Crippen molar-refractivity contribution in [2.75, 3.05) is 39.1 Å². The van der Waals surface area contributed by atoms with E-state index in [4.69, 9.17) is 4.74 Å². The van der Waals surface area contributed by atoms with Crippen molar-refractivity contribution in [2.45, 2.75) is 26.2 Å².